The van der Waals surface area contributed by atoms with Gasteiger partial charge in [0.2, 0.25) is 0 Å². The van der Waals surface area contributed by atoms with Gasteiger partial charge in [0.1, 0.15) is 17.8 Å². The monoisotopic (exact) mass is 334 g/mol. The molecular formula is C12H34OSi5. The van der Waals surface area contributed by atoms with E-state index in [0.29, 0.717) is 25.7 Å². The molecule has 0 saturated carbocycles. The molecule has 108 valence electrons. The number of unbranched alkanes of at least 4 members (excludes halogenated alkanes) is 9. The normalized spacial score (nSPS) is 25.5. The highest BCUT2D eigenvalue weighted by atomic mass is 29.9. The van der Waals surface area contributed by atoms with Crippen molar-refractivity contribution in [3.8, 4) is 0 Å². The summed E-state index contributed by atoms with van der Waals surface area (Å²) in [5.41, 5.74) is 0. The van der Waals surface area contributed by atoms with Crippen LogP contribution in [0.25, 0.3) is 0 Å². The molecule has 0 aromatic heterocycles. The average Bonchev–Trinajstić information content (AvgIpc) is 2.42. The lowest BCUT2D eigenvalue weighted by atomic mass is 10.1. The number of hydrogen-bond donors (Lipinski definition) is 0. The van der Waals surface area contributed by atoms with Crippen LogP contribution in [0.4, 0.5) is 0 Å². The van der Waals surface area contributed by atoms with Gasteiger partial charge < -0.3 is 4.12 Å². The van der Waals surface area contributed by atoms with Crippen molar-refractivity contribution in [2.24, 2.45) is 0 Å². The fourth-order valence-electron chi connectivity index (χ4n) is 2.89. The molecule has 0 radical (unpaired) electrons. The van der Waals surface area contributed by atoms with Gasteiger partial charge in [0.05, 0.1) is 0 Å². The Bertz CT molecular complexity index is 176. The van der Waals surface area contributed by atoms with E-state index in [1.165, 1.54) is 57.8 Å². The summed E-state index contributed by atoms with van der Waals surface area (Å²) < 4.78 is 6.20. The van der Waals surface area contributed by atoms with Gasteiger partial charge in [-0.05, 0) is 14.6 Å². The largest absolute Gasteiger partial charge is 0.469 e. The van der Waals surface area contributed by atoms with Crippen LogP contribution >= 0.6 is 0 Å². The Morgan fingerprint density at radius 1 is 0.778 bits per heavy atom. The molecule has 1 aliphatic heterocycles. The molecule has 1 heterocycles. The third-order valence-electron chi connectivity index (χ3n) is 4.15. The van der Waals surface area contributed by atoms with Crippen LogP contribution in [0.15, 0.2) is 0 Å². The molecule has 1 fully saturated rings. The highest BCUT2D eigenvalue weighted by Gasteiger charge is 2.15. The first-order chi connectivity index (χ1) is 8.93. The molecule has 18 heavy (non-hydrogen) atoms. The van der Waals surface area contributed by atoms with Crippen molar-refractivity contribution in [1.82, 2.24) is 0 Å². The minimum Gasteiger partial charge on any atom is -0.469 e. The molecule has 0 N–H and O–H groups in total. The second kappa shape index (κ2) is 13.0. The summed E-state index contributed by atoms with van der Waals surface area (Å²) in [5.74, 6) is 0. The van der Waals surface area contributed by atoms with Gasteiger partial charge in [-0.3, -0.25) is 0 Å². The summed E-state index contributed by atoms with van der Waals surface area (Å²) in [7, 11) is 1.57. The van der Waals surface area contributed by atoms with Crippen LogP contribution in [0.2, 0.25) is 6.04 Å². The van der Waals surface area contributed by atoms with E-state index < -0.39 is 8.56 Å². The van der Waals surface area contributed by atoms with Crippen LogP contribution in [0.5, 0.6) is 0 Å². The Morgan fingerprint density at radius 2 is 1.39 bits per heavy atom. The third kappa shape index (κ3) is 9.91. The van der Waals surface area contributed by atoms with Crippen molar-refractivity contribution < 1.29 is 4.12 Å². The van der Waals surface area contributed by atoms with Crippen LogP contribution in [-0.2, 0) is 4.12 Å². The van der Waals surface area contributed by atoms with Gasteiger partial charge in [-0.1, -0.05) is 71.1 Å². The van der Waals surface area contributed by atoms with E-state index in [1.807, 2.05) is 0 Å². The van der Waals surface area contributed by atoms with E-state index in [2.05, 4.69) is 6.92 Å². The number of rotatable bonds is 11. The van der Waals surface area contributed by atoms with Crippen molar-refractivity contribution in [1.29, 1.82) is 0 Å². The molecule has 0 aromatic rings. The van der Waals surface area contributed by atoms with Crippen molar-refractivity contribution in [3.63, 3.8) is 0 Å². The molecule has 1 saturated heterocycles. The quantitative estimate of drug-likeness (QED) is 0.395. The maximum atomic E-state index is 6.20. The summed E-state index contributed by atoms with van der Waals surface area (Å²) in [6.45, 7) is 2.30. The van der Waals surface area contributed by atoms with E-state index >= 15 is 0 Å². The zero-order chi connectivity index (χ0) is 12.9. The highest BCUT2D eigenvalue weighted by Crippen LogP contribution is 2.12. The van der Waals surface area contributed by atoms with E-state index in [4.69, 9.17) is 4.12 Å². The van der Waals surface area contributed by atoms with Crippen molar-refractivity contribution in [2.45, 2.75) is 77.2 Å². The Hall–Kier alpha value is 1.04. The topological polar surface area (TPSA) is 9.23 Å². The smallest absolute Gasteiger partial charge is 0.139 e. The van der Waals surface area contributed by atoms with Gasteiger partial charge in [-0.25, -0.2) is 0 Å². The standard InChI is InChI=1S/C12H34OSi5/c1-2-3-4-5-6-7-8-9-10-11-12-18-13-14-15-16-17-18/h18H,2-12,14-17H2,1H3. The molecule has 1 unspecified atom stereocenters. The van der Waals surface area contributed by atoms with E-state index in [1.54, 1.807) is 12.5 Å². The predicted octanol–water partition coefficient (Wildman–Crippen LogP) is 0.493. The van der Waals surface area contributed by atoms with Crippen molar-refractivity contribution >= 4 is 43.5 Å². The van der Waals surface area contributed by atoms with E-state index in [0.717, 1.165) is 0 Å². The molecule has 6 heteroatoms. The van der Waals surface area contributed by atoms with Crippen molar-refractivity contribution in [3.05, 3.63) is 0 Å². The van der Waals surface area contributed by atoms with Crippen LogP contribution in [0, 0.1) is 0 Å². The summed E-state index contributed by atoms with van der Waals surface area (Å²) in [4.78, 5) is 0. The molecular weight excluding hydrogens is 301 g/mol. The summed E-state index contributed by atoms with van der Waals surface area (Å²) in [5, 5.41) is 0. The molecule has 0 amide bonds. The second-order valence-corrected chi connectivity index (χ2v) is 39.4. The van der Waals surface area contributed by atoms with Gasteiger partial charge in [0, 0.05) is 17.1 Å². The van der Waals surface area contributed by atoms with Crippen LogP contribution in [-0.4, -0.2) is 43.5 Å². The number of hydrogen-bond acceptors (Lipinski definition) is 1. The maximum absolute atomic E-state index is 6.20. The first kappa shape index (κ1) is 17.1. The molecule has 1 nitrogen and oxygen atoms in total. The first-order valence-corrected chi connectivity index (χ1v) is 25.7. The highest BCUT2D eigenvalue weighted by molar-refractivity contribution is 7.57. The average molecular weight is 335 g/mol. The summed E-state index contributed by atoms with van der Waals surface area (Å²) in [6.07, 6.45) is 14.9. The predicted molar refractivity (Wildman–Crippen MR) is 99.1 cm³/mol. The second-order valence-electron chi connectivity index (χ2n) is 5.96. The zero-order valence-electron chi connectivity index (χ0n) is 12.6. The molecule has 1 aliphatic rings. The van der Waals surface area contributed by atoms with Crippen LogP contribution in [0.1, 0.15) is 71.1 Å². The Balaban J connectivity index is 1.73. The van der Waals surface area contributed by atoms with Crippen LogP contribution in [0.3, 0.4) is 0 Å². The van der Waals surface area contributed by atoms with Crippen LogP contribution < -0.4 is 0 Å². The molecule has 0 spiro atoms. The minimum atomic E-state index is -0.407. The first-order valence-electron chi connectivity index (χ1n) is 8.55. The lowest BCUT2D eigenvalue weighted by Crippen LogP contribution is -2.43. The van der Waals surface area contributed by atoms with Gasteiger partial charge in [-0.15, -0.1) is 0 Å². The molecule has 1 rings (SSSR count). The zero-order valence-corrected chi connectivity index (χ0v) is 19.4. The van der Waals surface area contributed by atoms with E-state index in [-0.39, 0.29) is 9.28 Å². The maximum Gasteiger partial charge on any atom is 0.139 e. The summed E-state index contributed by atoms with van der Waals surface area (Å²) >= 11 is 0. The van der Waals surface area contributed by atoms with Gasteiger partial charge in [0.25, 0.3) is 0 Å². The third-order valence-corrected chi connectivity index (χ3v) is 62.0. The summed E-state index contributed by atoms with van der Waals surface area (Å²) in [6, 6.07) is 1.61. The van der Waals surface area contributed by atoms with Gasteiger partial charge in [-0.2, -0.15) is 0 Å². The SMILES string of the molecule is CCCCCCCCCCCC[SiH]1O[SiH2][SiH2][SiH2][SiH2]1. The molecule has 0 aromatic carbocycles. The van der Waals surface area contributed by atoms with Gasteiger partial charge >= 0.3 is 0 Å². The molecule has 0 aliphatic carbocycles. The fraction of sp³-hybridized carbons (Fsp3) is 1.00. The Labute approximate surface area is 125 Å². The van der Waals surface area contributed by atoms with Crippen molar-refractivity contribution in [2.75, 3.05) is 0 Å². The van der Waals surface area contributed by atoms with Gasteiger partial charge in [0.15, 0.2) is 0 Å². The Kier molecular flexibility index (Phi) is 12.4. The minimum absolute atomic E-state index is 0.200. The lowest BCUT2D eigenvalue weighted by Gasteiger charge is -2.20. The fourth-order valence-corrected chi connectivity index (χ4v) is 92.4. The Morgan fingerprint density at radius 3 is 1.94 bits per heavy atom. The molecule has 0 bridgehead atoms. The lowest BCUT2D eigenvalue weighted by molar-refractivity contribution is 0.558. The molecule has 1 atom stereocenters. The van der Waals surface area contributed by atoms with E-state index in [9.17, 15) is 0 Å².